The Balaban J connectivity index is 1.42. The third-order valence-electron chi connectivity index (χ3n) is 4.78. The van der Waals surface area contributed by atoms with Crippen molar-refractivity contribution in [1.29, 1.82) is 0 Å². The minimum Gasteiger partial charge on any atom is -0.378 e. The van der Waals surface area contributed by atoms with Gasteiger partial charge in [-0.2, -0.15) is 4.98 Å². The van der Waals surface area contributed by atoms with Crippen molar-refractivity contribution in [3.05, 3.63) is 30.2 Å². The zero-order chi connectivity index (χ0) is 17.8. The number of nitrogens with zero attached hydrogens (tertiary/aromatic N) is 6. The molecule has 0 aromatic carbocycles. The Bertz CT molecular complexity index is 735. The van der Waals surface area contributed by atoms with E-state index in [-0.39, 0.29) is 0 Å². The fourth-order valence-electron chi connectivity index (χ4n) is 3.42. The molecule has 1 N–H and O–H groups in total. The van der Waals surface area contributed by atoms with Crippen LogP contribution in [0.3, 0.4) is 0 Å². The highest BCUT2D eigenvalue weighted by Gasteiger charge is 2.22. The largest absolute Gasteiger partial charge is 0.378 e. The molecule has 2 fully saturated rings. The van der Waals surface area contributed by atoms with E-state index in [1.165, 1.54) is 0 Å². The van der Waals surface area contributed by atoms with Gasteiger partial charge in [0.25, 0.3) is 0 Å². The zero-order valence-corrected chi connectivity index (χ0v) is 15.1. The van der Waals surface area contributed by atoms with Gasteiger partial charge in [0.05, 0.1) is 13.2 Å². The molecule has 4 rings (SSSR count). The van der Waals surface area contributed by atoms with Crippen LogP contribution >= 0.6 is 0 Å². The monoisotopic (exact) mass is 355 g/mol. The zero-order valence-electron chi connectivity index (χ0n) is 15.1. The van der Waals surface area contributed by atoms with Crippen LogP contribution in [0.1, 0.15) is 18.5 Å². The van der Waals surface area contributed by atoms with Gasteiger partial charge in [-0.25, -0.2) is 15.0 Å². The molecule has 2 aliphatic rings. The molecule has 26 heavy (non-hydrogen) atoms. The highest BCUT2D eigenvalue weighted by atomic mass is 16.5. The van der Waals surface area contributed by atoms with Crippen molar-refractivity contribution in [2.75, 3.05) is 54.5 Å². The number of aryl methyl sites for hydroxylation is 1. The van der Waals surface area contributed by atoms with Gasteiger partial charge in [-0.15, -0.1) is 0 Å². The van der Waals surface area contributed by atoms with Gasteiger partial charge in [-0.1, -0.05) is 0 Å². The lowest BCUT2D eigenvalue weighted by Crippen LogP contribution is -2.43. The summed E-state index contributed by atoms with van der Waals surface area (Å²) in [5.41, 5.74) is 0.996. The molecule has 4 heterocycles. The van der Waals surface area contributed by atoms with Crippen molar-refractivity contribution in [1.82, 2.24) is 19.9 Å². The van der Waals surface area contributed by atoms with E-state index in [1.54, 1.807) is 0 Å². The Morgan fingerprint density at radius 2 is 1.77 bits per heavy atom. The van der Waals surface area contributed by atoms with Crippen LogP contribution in [0.25, 0.3) is 0 Å². The molecule has 8 heteroatoms. The minimum atomic E-state index is 0.320. The molecular formula is C18H25N7O. The predicted octanol–water partition coefficient (Wildman–Crippen LogP) is 1.49. The molecule has 0 aliphatic carbocycles. The second-order valence-corrected chi connectivity index (χ2v) is 6.77. The molecule has 8 nitrogen and oxygen atoms in total. The highest BCUT2D eigenvalue weighted by Crippen LogP contribution is 2.20. The first kappa shape index (κ1) is 17.0. The number of nitrogens with one attached hydrogen (secondary N) is 1. The Hall–Kier alpha value is -2.48. The summed E-state index contributed by atoms with van der Waals surface area (Å²) in [6.45, 7) is 7.00. The lowest BCUT2D eigenvalue weighted by molar-refractivity contribution is 0.122. The Kier molecular flexibility index (Phi) is 5.10. The predicted molar refractivity (Wildman–Crippen MR) is 101 cm³/mol. The first-order valence-corrected chi connectivity index (χ1v) is 9.25. The van der Waals surface area contributed by atoms with Crippen molar-refractivity contribution in [2.24, 2.45) is 0 Å². The van der Waals surface area contributed by atoms with Gasteiger partial charge in [0.1, 0.15) is 5.82 Å². The number of piperidine rings is 1. The van der Waals surface area contributed by atoms with E-state index >= 15 is 0 Å². The van der Waals surface area contributed by atoms with E-state index in [4.69, 9.17) is 9.72 Å². The molecule has 138 valence electrons. The average Bonchev–Trinajstić information content (AvgIpc) is 2.69. The summed E-state index contributed by atoms with van der Waals surface area (Å²) in [5, 5.41) is 3.57. The van der Waals surface area contributed by atoms with E-state index in [9.17, 15) is 0 Å². The van der Waals surface area contributed by atoms with E-state index in [0.29, 0.717) is 6.04 Å². The Labute approximate surface area is 153 Å². The smallest absolute Gasteiger partial charge is 0.227 e. The molecule has 0 bridgehead atoms. The van der Waals surface area contributed by atoms with Crippen LogP contribution in [0, 0.1) is 6.92 Å². The summed E-state index contributed by atoms with van der Waals surface area (Å²) in [5.74, 6) is 2.46. The lowest BCUT2D eigenvalue weighted by atomic mass is 10.1. The van der Waals surface area contributed by atoms with Gasteiger partial charge in [-0.05, 0) is 31.9 Å². The molecule has 0 spiro atoms. The normalized spacial score (nSPS) is 20.9. The number of aromatic nitrogens is 4. The summed E-state index contributed by atoms with van der Waals surface area (Å²) >= 11 is 0. The van der Waals surface area contributed by atoms with Crippen LogP contribution < -0.4 is 15.1 Å². The van der Waals surface area contributed by atoms with Gasteiger partial charge < -0.3 is 19.9 Å². The molecule has 0 amide bonds. The number of ether oxygens (including phenoxy) is 1. The molecule has 0 saturated carbocycles. The molecule has 2 aromatic heterocycles. The number of rotatable bonds is 4. The third kappa shape index (κ3) is 4.01. The molecule has 2 aromatic rings. The average molecular weight is 355 g/mol. The van der Waals surface area contributed by atoms with E-state index in [0.717, 1.165) is 75.6 Å². The van der Waals surface area contributed by atoms with E-state index in [2.05, 4.69) is 30.1 Å². The van der Waals surface area contributed by atoms with Crippen molar-refractivity contribution in [2.45, 2.75) is 25.8 Å². The standard InChI is InChI=1S/C18H25N7O/c1-14-4-6-19-17(21-14)25-8-2-3-15(13-25)22-16-5-7-20-18(23-16)24-9-11-26-12-10-24/h4-7,15H,2-3,8-13H2,1H3,(H,20,22,23). The van der Waals surface area contributed by atoms with Gasteiger partial charge in [0, 0.05) is 50.3 Å². The highest BCUT2D eigenvalue weighted by molar-refractivity contribution is 5.43. The van der Waals surface area contributed by atoms with Gasteiger partial charge in [0.2, 0.25) is 11.9 Å². The quantitative estimate of drug-likeness (QED) is 0.884. The van der Waals surface area contributed by atoms with Gasteiger partial charge in [0.15, 0.2) is 0 Å². The summed E-state index contributed by atoms with van der Waals surface area (Å²) in [4.78, 5) is 22.5. The summed E-state index contributed by atoms with van der Waals surface area (Å²) in [6.07, 6.45) is 5.87. The summed E-state index contributed by atoms with van der Waals surface area (Å²) < 4.78 is 5.40. The maximum absolute atomic E-state index is 5.40. The van der Waals surface area contributed by atoms with Gasteiger partial charge in [-0.3, -0.25) is 0 Å². The minimum absolute atomic E-state index is 0.320. The summed E-state index contributed by atoms with van der Waals surface area (Å²) in [6, 6.07) is 4.18. The number of hydrogen-bond donors (Lipinski definition) is 1. The van der Waals surface area contributed by atoms with Crippen LogP contribution in [-0.2, 0) is 4.74 Å². The van der Waals surface area contributed by atoms with Crippen LogP contribution in [0.4, 0.5) is 17.7 Å². The fourth-order valence-corrected chi connectivity index (χ4v) is 3.42. The van der Waals surface area contributed by atoms with Crippen molar-refractivity contribution >= 4 is 17.7 Å². The number of anilines is 3. The molecule has 0 radical (unpaired) electrons. The van der Waals surface area contributed by atoms with Crippen molar-refractivity contribution in [3.8, 4) is 0 Å². The van der Waals surface area contributed by atoms with Crippen molar-refractivity contribution in [3.63, 3.8) is 0 Å². The maximum Gasteiger partial charge on any atom is 0.227 e. The first-order chi connectivity index (χ1) is 12.8. The molecule has 1 unspecified atom stereocenters. The Morgan fingerprint density at radius 3 is 2.58 bits per heavy atom. The summed E-state index contributed by atoms with van der Waals surface area (Å²) in [7, 11) is 0. The number of hydrogen-bond acceptors (Lipinski definition) is 8. The fraction of sp³-hybridized carbons (Fsp3) is 0.556. The van der Waals surface area contributed by atoms with E-state index in [1.807, 2.05) is 31.5 Å². The van der Waals surface area contributed by atoms with E-state index < -0.39 is 0 Å². The SMILES string of the molecule is Cc1ccnc(N2CCCC(Nc3ccnc(N4CCOCC4)n3)C2)n1. The molecule has 2 saturated heterocycles. The van der Waals surface area contributed by atoms with Crippen LogP contribution in [-0.4, -0.2) is 65.4 Å². The molecule has 2 aliphatic heterocycles. The lowest BCUT2D eigenvalue weighted by Gasteiger charge is -2.33. The van der Waals surface area contributed by atoms with Crippen LogP contribution in [0.2, 0.25) is 0 Å². The first-order valence-electron chi connectivity index (χ1n) is 9.25. The Morgan fingerprint density at radius 1 is 1.00 bits per heavy atom. The second-order valence-electron chi connectivity index (χ2n) is 6.77. The number of morpholine rings is 1. The van der Waals surface area contributed by atoms with Crippen molar-refractivity contribution < 1.29 is 4.74 Å². The topological polar surface area (TPSA) is 79.3 Å². The molecule has 1 atom stereocenters. The maximum atomic E-state index is 5.40. The third-order valence-corrected chi connectivity index (χ3v) is 4.78. The van der Waals surface area contributed by atoms with Gasteiger partial charge >= 0.3 is 0 Å². The van der Waals surface area contributed by atoms with Crippen LogP contribution in [0.5, 0.6) is 0 Å². The van der Waals surface area contributed by atoms with Crippen LogP contribution in [0.15, 0.2) is 24.5 Å². The molecular weight excluding hydrogens is 330 g/mol. The second kappa shape index (κ2) is 7.82.